The van der Waals surface area contributed by atoms with Gasteiger partial charge in [-0.05, 0) is 25.7 Å². The van der Waals surface area contributed by atoms with Gasteiger partial charge in [-0.25, -0.2) is 0 Å². The van der Waals surface area contributed by atoms with Crippen LogP contribution < -0.4 is 10.6 Å². The molecule has 2 aliphatic heterocycles. The van der Waals surface area contributed by atoms with Gasteiger partial charge in [0, 0.05) is 63.5 Å². The molecule has 0 radical (unpaired) electrons. The molecule has 1 atom stereocenters. The topological polar surface area (TPSA) is 58.1 Å². The predicted octanol–water partition coefficient (Wildman–Crippen LogP) is 1.71. The molecule has 1 unspecified atom stereocenters. The molecule has 6 nitrogen and oxygen atoms in total. The Bertz CT molecular complexity index is 431. The molecule has 0 spiro atoms. The summed E-state index contributed by atoms with van der Waals surface area (Å²) in [6.07, 6.45) is 7.69. The molecule has 150 valence electrons. The standard InChI is InChI=1S/C19H36N4O2S/c1-20-18(21-8-4-11-25-17-5-12-24-15-17)22-16-19(6-2-3-7-19)23-9-13-26-14-10-23/h17H,2-16H2,1H3,(H2,20,21,22). The van der Waals surface area contributed by atoms with Gasteiger partial charge in [0.25, 0.3) is 0 Å². The first-order valence-electron chi connectivity index (χ1n) is 10.3. The average Bonchev–Trinajstić information content (AvgIpc) is 3.37. The Morgan fingerprint density at radius 2 is 2.08 bits per heavy atom. The number of hydrogen-bond acceptors (Lipinski definition) is 5. The van der Waals surface area contributed by atoms with Crippen molar-refractivity contribution in [3.63, 3.8) is 0 Å². The van der Waals surface area contributed by atoms with Crippen LogP contribution in [0.5, 0.6) is 0 Å². The lowest BCUT2D eigenvalue weighted by Crippen LogP contribution is -2.57. The Labute approximate surface area is 162 Å². The predicted molar refractivity (Wildman–Crippen MR) is 109 cm³/mol. The van der Waals surface area contributed by atoms with Crippen LogP contribution in [-0.2, 0) is 9.47 Å². The summed E-state index contributed by atoms with van der Waals surface area (Å²) in [6.45, 7) is 6.76. The fourth-order valence-electron chi connectivity index (χ4n) is 4.32. The molecule has 2 N–H and O–H groups in total. The number of guanidine groups is 1. The van der Waals surface area contributed by atoms with Crippen molar-refractivity contribution in [1.29, 1.82) is 0 Å². The first-order valence-corrected chi connectivity index (χ1v) is 11.4. The molecular weight excluding hydrogens is 348 g/mol. The zero-order chi connectivity index (χ0) is 18.1. The van der Waals surface area contributed by atoms with Crippen molar-refractivity contribution in [3.05, 3.63) is 0 Å². The largest absolute Gasteiger partial charge is 0.379 e. The monoisotopic (exact) mass is 384 g/mol. The number of aliphatic imine (C=N–C) groups is 1. The Hall–Kier alpha value is -0.500. The second kappa shape index (κ2) is 10.7. The summed E-state index contributed by atoms with van der Waals surface area (Å²) in [5.74, 6) is 3.48. The van der Waals surface area contributed by atoms with E-state index < -0.39 is 0 Å². The third-order valence-corrected chi connectivity index (χ3v) is 6.82. The number of rotatable bonds is 8. The lowest BCUT2D eigenvalue weighted by molar-refractivity contribution is 0.0419. The molecule has 26 heavy (non-hydrogen) atoms. The van der Waals surface area contributed by atoms with E-state index in [-0.39, 0.29) is 0 Å². The Balaban J connectivity index is 1.36. The molecule has 2 heterocycles. The average molecular weight is 385 g/mol. The molecule has 3 rings (SSSR count). The van der Waals surface area contributed by atoms with E-state index in [1.54, 1.807) is 0 Å². The van der Waals surface area contributed by atoms with E-state index in [1.165, 1.54) is 50.3 Å². The van der Waals surface area contributed by atoms with Crippen LogP contribution in [0.25, 0.3) is 0 Å². The molecule has 3 aliphatic rings. The normalized spacial score (nSPS) is 27.0. The molecular formula is C19H36N4O2S. The third-order valence-electron chi connectivity index (χ3n) is 5.88. The summed E-state index contributed by atoms with van der Waals surface area (Å²) < 4.78 is 11.2. The maximum atomic E-state index is 5.82. The highest BCUT2D eigenvalue weighted by Crippen LogP contribution is 2.36. The van der Waals surface area contributed by atoms with Gasteiger partial charge >= 0.3 is 0 Å². The first kappa shape index (κ1) is 20.2. The molecule has 2 saturated heterocycles. The van der Waals surface area contributed by atoms with Crippen molar-refractivity contribution >= 4 is 17.7 Å². The van der Waals surface area contributed by atoms with E-state index in [0.29, 0.717) is 11.6 Å². The number of ether oxygens (including phenoxy) is 2. The Morgan fingerprint density at radius 3 is 2.77 bits per heavy atom. The van der Waals surface area contributed by atoms with E-state index in [1.807, 2.05) is 7.05 Å². The number of hydrogen-bond donors (Lipinski definition) is 2. The number of nitrogens with one attached hydrogen (secondary N) is 2. The zero-order valence-corrected chi connectivity index (χ0v) is 17.1. The van der Waals surface area contributed by atoms with Crippen LogP contribution in [0, 0.1) is 0 Å². The van der Waals surface area contributed by atoms with Gasteiger partial charge in [0.05, 0.1) is 12.7 Å². The van der Waals surface area contributed by atoms with Crippen LogP contribution in [0.2, 0.25) is 0 Å². The second-order valence-corrected chi connectivity index (χ2v) is 8.82. The maximum absolute atomic E-state index is 5.82. The molecule has 0 aromatic rings. The molecule has 0 bridgehead atoms. The minimum atomic E-state index is 0.303. The molecule has 7 heteroatoms. The Kier molecular flexibility index (Phi) is 8.36. The van der Waals surface area contributed by atoms with Crippen molar-refractivity contribution < 1.29 is 9.47 Å². The van der Waals surface area contributed by atoms with Crippen molar-refractivity contribution in [2.75, 3.05) is 64.6 Å². The summed E-state index contributed by atoms with van der Waals surface area (Å²) in [6, 6.07) is 0. The van der Waals surface area contributed by atoms with E-state index in [0.717, 1.165) is 51.7 Å². The van der Waals surface area contributed by atoms with Gasteiger partial charge in [-0.3, -0.25) is 9.89 Å². The SMILES string of the molecule is CN=C(NCCCOC1CCOC1)NCC1(N2CCSCC2)CCCC1. The highest BCUT2D eigenvalue weighted by Gasteiger charge is 2.39. The molecule has 0 aromatic carbocycles. The molecule has 1 aliphatic carbocycles. The van der Waals surface area contributed by atoms with Crippen LogP contribution in [0.4, 0.5) is 0 Å². The summed E-state index contributed by atoms with van der Waals surface area (Å²) in [7, 11) is 1.86. The van der Waals surface area contributed by atoms with Crippen LogP contribution >= 0.6 is 11.8 Å². The highest BCUT2D eigenvalue weighted by molar-refractivity contribution is 7.99. The maximum Gasteiger partial charge on any atom is 0.191 e. The van der Waals surface area contributed by atoms with E-state index >= 15 is 0 Å². The molecule has 0 aromatic heterocycles. The van der Waals surface area contributed by atoms with E-state index in [4.69, 9.17) is 9.47 Å². The number of thioether (sulfide) groups is 1. The highest BCUT2D eigenvalue weighted by atomic mass is 32.2. The summed E-state index contributed by atoms with van der Waals surface area (Å²) in [5.41, 5.74) is 0.337. The third kappa shape index (κ3) is 5.75. The van der Waals surface area contributed by atoms with Gasteiger partial charge in [0.1, 0.15) is 0 Å². The van der Waals surface area contributed by atoms with E-state index in [2.05, 4.69) is 32.3 Å². The minimum Gasteiger partial charge on any atom is -0.379 e. The molecule has 1 saturated carbocycles. The fraction of sp³-hybridized carbons (Fsp3) is 0.947. The molecule has 0 amide bonds. The van der Waals surface area contributed by atoms with Crippen molar-refractivity contribution in [1.82, 2.24) is 15.5 Å². The van der Waals surface area contributed by atoms with Crippen molar-refractivity contribution in [3.8, 4) is 0 Å². The quantitative estimate of drug-likeness (QED) is 0.377. The first-order chi connectivity index (χ1) is 12.8. The summed E-state index contributed by atoms with van der Waals surface area (Å²) >= 11 is 2.09. The summed E-state index contributed by atoms with van der Waals surface area (Å²) in [4.78, 5) is 7.16. The van der Waals surface area contributed by atoms with Crippen LogP contribution in [0.3, 0.4) is 0 Å². The van der Waals surface area contributed by atoms with Crippen LogP contribution in [0.15, 0.2) is 4.99 Å². The second-order valence-electron chi connectivity index (χ2n) is 7.59. The summed E-state index contributed by atoms with van der Waals surface area (Å²) in [5, 5.41) is 7.06. The van der Waals surface area contributed by atoms with Crippen LogP contribution in [-0.4, -0.2) is 87.1 Å². The lowest BCUT2D eigenvalue weighted by atomic mass is 9.94. The van der Waals surface area contributed by atoms with Gasteiger partial charge in [-0.15, -0.1) is 0 Å². The number of nitrogens with zero attached hydrogens (tertiary/aromatic N) is 2. The van der Waals surface area contributed by atoms with E-state index in [9.17, 15) is 0 Å². The van der Waals surface area contributed by atoms with Gasteiger partial charge in [-0.2, -0.15) is 11.8 Å². The van der Waals surface area contributed by atoms with Gasteiger partial charge in [-0.1, -0.05) is 12.8 Å². The van der Waals surface area contributed by atoms with Crippen molar-refractivity contribution in [2.45, 2.75) is 50.2 Å². The van der Waals surface area contributed by atoms with Gasteiger partial charge in [0.15, 0.2) is 5.96 Å². The van der Waals surface area contributed by atoms with Crippen LogP contribution in [0.1, 0.15) is 38.5 Å². The van der Waals surface area contributed by atoms with Gasteiger partial charge < -0.3 is 20.1 Å². The van der Waals surface area contributed by atoms with Crippen molar-refractivity contribution in [2.24, 2.45) is 4.99 Å². The smallest absolute Gasteiger partial charge is 0.191 e. The fourth-order valence-corrected chi connectivity index (χ4v) is 5.22. The lowest BCUT2D eigenvalue weighted by Gasteiger charge is -2.43. The molecule has 3 fully saturated rings. The minimum absolute atomic E-state index is 0.303. The van der Waals surface area contributed by atoms with Gasteiger partial charge in [0.2, 0.25) is 0 Å². The zero-order valence-electron chi connectivity index (χ0n) is 16.3. The Morgan fingerprint density at radius 1 is 1.27 bits per heavy atom.